The van der Waals surface area contributed by atoms with E-state index in [9.17, 15) is 22.8 Å². The molecular weight excluding hydrogens is 315 g/mol. The number of amides is 1. The molecule has 1 aromatic rings. The topological polar surface area (TPSA) is 66.8 Å². The molecule has 0 bridgehead atoms. The van der Waals surface area contributed by atoms with Crippen LogP contribution >= 0.6 is 0 Å². The molecule has 1 atom stereocenters. The van der Waals surface area contributed by atoms with Gasteiger partial charge in [0.1, 0.15) is 5.82 Å². The zero-order valence-electron chi connectivity index (χ0n) is 12.2. The van der Waals surface area contributed by atoms with Crippen molar-refractivity contribution in [1.29, 1.82) is 0 Å². The maximum atomic E-state index is 13.8. The summed E-state index contributed by atoms with van der Waals surface area (Å²) in [5, 5.41) is 8.76. The fourth-order valence-electron chi connectivity index (χ4n) is 2.32. The molecule has 1 aliphatic heterocycles. The number of alkyl halides is 1. The van der Waals surface area contributed by atoms with E-state index >= 15 is 0 Å². The SMILES string of the molecule is O=C(CCCOc1ccc(F)cc1F)N1CCC(F)(C(=O)O)C1. The van der Waals surface area contributed by atoms with E-state index in [2.05, 4.69) is 0 Å². The molecule has 1 fully saturated rings. The van der Waals surface area contributed by atoms with Gasteiger partial charge in [-0.2, -0.15) is 0 Å². The second kappa shape index (κ2) is 6.89. The number of carbonyl (C=O) groups excluding carboxylic acids is 1. The molecule has 23 heavy (non-hydrogen) atoms. The Hall–Kier alpha value is -2.25. The van der Waals surface area contributed by atoms with Gasteiger partial charge >= 0.3 is 5.97 Å². The molecule has 0 radical (unpaired) electrons. The molecule has 0 aliphatic carbocycles. The number of halogens is 3. The summed E-state index contributed by atoms with van der Waals surface area (Å²) in [6.07, 6.45) is 0.0440. The van der Waals surface area contributed by atoms with E-state index in [1.165, 1.54) is 0 Å². The predicted molar refractivity (Wildman–Crippen MR) is 73.8 cm³/mol. The van der Waals surface area contributed by atoms with Crippen LogP contribution in [0.1, 0.15) is 19.3 Å². The van der Waals surface area contributed by atoms with Gasteiger partial charge in [-0.1, -0.05) is 0 Å². The maximum absolute atomic E-state index is 13.8. The molecule has 1 aromatic carbocycles. The molecule has 5 nitrogen and oxygen atoms in total. The molecule has 1 unspecified atom stereocenters. The Labute approximate surface area is 130 Å². The smallest absolute Gasteiger partial charge is 0.343 e. The van der Waals surface area contributed by atoms with Gasteiger partial charge < -0.3 is 14.7 Å². The van der Waals surface area contributed by atoms with Crippen molar-refractivity contribution in [2.45, 2.75) is 24.9 Å². The second-order valence-electron chi connectivity index (χ2n) is 5.36. The first-order valence-electron chi connectivity index (χ1n) is 7.10. The summed E-state index contributed by atoms with van der Waals surface area (Å²) >= 11 is 0. The van der Waals surface area contributed by atoms with E-state index in [-0.39, 0.29) is 44.1 Å². The van der Waals surface area contributed by atoms with Crippen molar-refractivity contribution in [3.8, 4) is 5.75 Å². The fourth-order valence-corrected chi connectivity index (χ4v) is 2.32. The van der Waals surface area contributed by atoms with Crippen LogP contribution in [0.25, 0.3) is 0 Å². The Morgan fingerprint density at radius 3 is 2.70 bits per heavy atom. The first-order chi connectivity index (χ1) is 10.8. The number of carboxylic acid groups (broad SMARTS) is 1. The van der Waals surface area contributed by atoms with Gasteiger partial charge in [0.25, 0.3) is 0 Å². The van der Waals surface area contributed by atoms with Crippen LogP contribution in [-0.4, -0.2) is 47.2 Å². The number of benzene rings is 1. The molecule has 1 amide bonds. The third-order valence-electron chi connectivity index (χ3n) is 3.64. The highest BCUT2D eigenvalue weighted by atomic mass is 19.1. The fraction of sp³-hybridized carbons (Fsp3) is 0.467. The van der Waals surface area contributed by atoms with E-state index in [4.69, 9.17) is 9.84 Å². The molecule has 1 N–H and O–H groups in total. The highest BCUT2D eigenvalue weighted by Crippen LogP contribution is 2.26. The quantitative estimate of drug-likeness (QED) is 0.811. The van der Waals surface area contributed by atoms with Crippen molar-refractivity contribution in [3.05, 3.63) is 29.8 Å². The normalized spacial score (nSPS) is 20.6. The number of carboxylic acids is 1. The summed E-state index contributed by atoms with van der Waals surface area (Å²) < 4.78 is 45.0. The minimum absolute atomic E-state index is 0.0263. The number of hydrogen-bond acceptors (Lipinski definition) is 3. The van der Waals surface area contributed by atoms with Crippen molar-refractivity contribution in [1.82, 2.24) is 4.90 Å². The van der Waals surface area contributed by atoms with Crippen LogP contribution in [0.4, 0.5) is 13.2 Å². The Bertz CT molecular complexity index is 610. The highest BCUT2D eigenvalue weighted by Gasteiger charge is 2.46. The summed E-state index contributed by atoms with van der Waals surface area (Å²) in [4.78, 5) is 23.8. The largest absolute Gasteiger partial charge is 0.491 e. The highest BCUT2D eigenvalue weighted by molar-refractivity contribution is 5.82. The molecule has 8 heteroatoms. The monoisotopic (exact) mass is 331 g/mol. The summed E-state index contributed by atoms with van der Waals surface area (Å²) in [7, 11) is 0. The third-order valence-corrected chi connectivity index (χ3v) is 3.64. The zero-order valence-corrected chi connectivity index (χ0v) is 12.2. The maximum Gasteiger partial charge on any atom is 0.343 e. The van der Waals surface area contributed by atoms with Crippen LogP contribution in [0.5, 0.6) is 5.75 Å². The van der Waals surface area contributed by atoms with E-state index in [1.807, 2.05) is 0 Å². The second-order valence-corrected chi connectivity index (χ2v) is 5.36. The molecular formula is C15H16F3NO4. The van der Waals surface area contributed by atoms with Crippen molar-refractivity contribution < 1.29 is 32.6 Å². The number of aliphatic carboxylic acids is 1. The van der Waals surface area contributed by atoms with Gasteiger partial charge in [-0.15, -0.1) is 0 Å². The lowest BCUT2D eigenvalue weighted by Gasteiger charge is -2.17. The van der Waals surface area contributed by atoms with Crippen LogP contribution in [-0.2, 0) is 9.59 Å². The van der Waals surface area contributed by atoms with Crippen molar-refractivity contribution in [3.63, 3.8) is 0 Å². The summed E-state index contributed by atoms with van der Waals surface area (Å²) in [6, 6.07) is 2.90. The molecule has 2 rings (SSSR count). The third kappa shape index (κ3) is 4.14. The van der Waals surface area contributed by atoms with Gasteiger partial charge in [-0.25, -0.2) is 18.0 Å². The first-order valence-corrected chi connectivity index (χ1v) is 7.10. The molecule has 0 spiro atoms. The molecule has 1 heterocycles. The lowest BCUT2D eigenvalue weighted by Crippen LogP contribution is -2.38. The number of likely N-dealkylation sites (tertiary alicyclic amines) is 1. The average Bonchev–Trinajstić information content (AvgIpc) is 2.89. The van der Waals surface area contributed by atoms with Crippen molar-refractivity contribution in [2.75, 3.05) is 19.7 Å². The van der Waals surface area contributed by atoms with Gasteiger partial charge in [0.15, 0.2) is 11.6 Å². The summed E-state index contributed by atoms with van der Waals surface area (Å²) in [6.45, 7) is -0.383. The molecule has 1 aliphatic rings. The van der Waals surface area contributed by atoms with Crippen LogP contribution in [0.15, 0.2) is 18.2 Å². The van der Waals surface area contributed by atoms with E-state index in [1.54, 1.807) is 0 Å². The van der Waals surface area contributed by atoms with Gasteiger partial charge in [-0.05, 0) is 18.6 Å². The minimum atomic E-state index is -2.39. The number of nitrogens with zero attached hydrogens (tertiary/aromatic N) is 1. The molecule has 0 saturated carbocycles. The predicted octanol–water partition coefficient (Wildman–Crippen LogP) is 2.15. The number of hydrogen-bond donors (Lipinski definition) is 1. The van der Waals surface area contributed by atoms with Gasteiger partial charge in [0, 0.05) is 25.5 Å². The Balaban J connectivity index is 1.74. The Kier molecular flexibility index (Phi) is 5.12. The van der Waals surface area contributed by atoms with Crippen molar-refractivity contribution in [2.24, 2.45) is 0 Å². The van der Waals surface area contributed by atoms with Crippen LogP contribution in [0, 0.1) is 11.6 Å². The number of carbonyl (C=O) groups is 2. The van der Waals surface area contributed by atoms with E-state index < -0.39 is 29.8 Å². The van der Waals surface area contributed by atoms with Crippen molar-refractivity contribution >= 4 is 11.9 Å². The standard InChI is InChI=1S/C15H16F3NO4/c16-10-3-4-12(11(17)8-10)23-7-1-2-13(20)19-6-5-15(18,9-19)14(21)22/h3-4,8H,1-2,5-7,9H2,(H,21,22). The van der Waals surface area contributed by atoms with E-state index in [0.717, 1.165) is 17.0 Å². The molecule has 0 aromatic heterocycles. The van der Waals surface area contributed by atoms with Gasteiger partial charge in [0.2, 0.25) is 11.6 Å². The lowest BCUT2D eigenvalue weighted by molar-refractivity contribution is -0.150. The Morgan fingerprint density at radius 2 is 2.09 bits per heavy atom. The van der Waals surface area contributed by atoms with Gasteiger partial charge in [0.05, 0.1) is 13.2 Å². The minimum Gasteiger partial charge on any atom is -0.491 e. The molecule has 126 valence electrons. The average molecular weight is 331 g/mol. The Morgan fingerprint density at radius 1 is 1.35 bits per heavy atom. The number of rotatable bonds is 6. The number of ether oxygens (including phenoxy) is 1. The molecule has 1 saturated heterocycles. The first kappa shape index (κ1) is 17.1. The van der Waals surface area contributed by atoms with Crippen LogP contribution < -0.4 is 4.74 Å². The zero-order chi connectivity index (χ0) is 17.0. The lowest BCUT2D eigenvalue weighted by atomic mass is 10.1. The van der Waals surface area contributed by atoms with Crippen LogP contribution in [0.3, 0.4) is 0 Å². The van der Waals surface area contributed by atoms with E-state index in [0.29, 0.717) is 6.07 Å². The summed E-state index contributed by atoms with van der Waals surface area (Å²) in [5.74, 6) is -3.61. The van der Waals surface area contributed by atoms with Gasteiger partial charge in [-0.3, -0.25) is 4.79 Å². The summed E-state index contributed by atoms with van der Waals surface area (Å²) in [5.41, 5.74) is -2.39. The van der Waals surface area contributed by atoms with Crippen LogP contribution in [0.2, 0.25) is 0 Å².